The van der Waals surface area contributed by atoms with Crippen molar-refractivity contribution < 1.29 is 36.8 Å². The van der Waals surface area contributed by atoms with E-state index in [1.54, 1.807) is 12.1 Å². The van der Waals surface area contributed by atoms with Gasteiger partial charge in [0, 0.05) is 18.7 Å². The Morgan fingerprint density at radius 1 is 1.21 bits per heavy atom. The molecule has 0 bridgehead atoms. The van der Waals surface area contributed by atoms with Gasteiger partial charge in [-0.05, 0) is 35.9 Å². The summed E-state index contributed by atoms with van der Waals surface area (Å²) in [7, 11) is 0. The van der Waals surface area contributed by atoms with Crippen LogP contribution in [0.1, 0.15) is 28.2 Å². The predicted octanol–water partition coefficient (Wildman–Crippen LogP) is 3.88. The van der Waals surface area contributed by atoms with Crippen LogP contribution < -0.4 is 14.8 Å². The summed E-state index contributed by atoms with van der Waals surface area (Å²) in [5.74, 6) is -2.84. The highest BCUT2D eigenvalue weighted by Crippen LogP contribution is 2.42. The molecule has 13 heteroatoms. The zero-order valence-electron chi connectivity index (χ0n) is 17.0. The minimum atomic E-state index is -5.09. The van der Waals surface area contributed by atoms with Gasteiger partial charge in [0.1, 0.15) is 28.9 Å². The molecule has 1 aliphatic rings. The molecule has 3 aromatic rings. The molecule has 176 valence electrons. The number of benzene rings is 1. The Hall–Kier alpha value is -4.29. The number of fused-ring (bicyclic) bond motifs is 1. The van der Waals surface area contributed by atoms with Crippen LogP contribution in [0.5, 0.6) is 11.5 Å². The van der Waals surface area contributed by atoms with Crippen molar-refractivity contribution in [1.82, 2.24) is 15.3 Å². The van der Waals surface area contributed by atoms with Crippen molar-refractivity contribution in [2.45, 2.75) is 18.3 Å². The first kappa shape index (κ1) is 22.9. The van der Waals surface area contributed by atoms with Crippen LogP contribution in [-0.2, 0) is 5.54 Å². The van der Waals surface area contributed by atoms with E-state index in [0.717, 1.165) is 30.5 Å². The third kappa shape index (κ3) is 4.44. The van der Waals surface area contributed by atoms with Crippen molar-refractivity contribution in [3.63, 3.8) is 0 Å². The van der Waals surface area contributed by atoms with Crippen LogP contribution in [-0.4, -0.2) is 33.8 Å². The van der Waals surface area contributed by atoms with Crippen LogP contribution in [0.25, 0.3) is 0 Å². The highest BCUT2D eigenvalue weighted by atomic mass is 19.4. The van der Waals surface area contributed by atoms with E-state index < -0.39 is 34.3 Å². The van der Waals surface area contributed by atoms with Gasteiger partial charge in [-0.15, -0.1) is 13.2 Å². The Labute approximate surface area is 188 Å². The number of nitrogens with zero attached hydrogens (tertiary/aromatic N) is 3. The number of aromatic nitrogens is 2. The lowest BCUT2D eigenvalue weighted by molar-refractivity contribution is -0.385. The molecular weight excluding hydrogens is 464 g/mol. The summed E-state index contributed by atoms with van der Waals surface area (Å²) < 4.78 is 61.6. The molecule has 1 atom stereocenters. The number of carbonyl (C=O) groups excluding carboxylic acids is 1. The highest BCUT2D eigenvalue weighted by molar-refractivity contribution is 5.93. The average molecular weight is 478 g/mol. The maximum Gasteiger partial charge on any atom is 0.573 e. The van der Waals surface area contributed by atoms with E-state index in [1.807, 2.05) is 0 Å². The molecule has 0 saturated heterocycles. The molecule has 0 saturated carbocycles. The van der Waals surface area contributed by atoms with Crippen molar-refractivity contribution in [3.8, 4) is 11.5 Å². The fourth-order valence-electron chi connectivity index (χ4n) is 3.59. The molecule has 1 N–H and O–H groups in total. The molecule has 34 heavy (non-hydrogen) atoms. The maximum atomic E-state index is 14.6. The maximum absolute atomic E-state index is 14.6. The quantitative estimate of drug-likeness (QED) is 0.336. The second kappa shape index (κ2) is 8.57. The number of nitro groups is 1. The topological polar surface area (TPSA) is 116 Å². The van der Waals surface area contributed by atoms with Gasteiger partial charge in [-0.2, -0.15) is 0 Å². The molecule has 1 amide bonds. The van der Waals surface area contributed by atoms with Crippen LogP contribution >= 0.6 is 0 Å². The van der Waals surface area contributed by atoms with Crippen molar-refractivity contribution >= 4 is 11.6 Å². The molecule has 0 radical (unpaired) electrons. The van der Waals surface area contributed by atoms with Crippen LogP contribution in [0, 0.1) is 15.9 Å². The summed E-state index contributed by atoms with van der Waals surface area (Å²) in [6.07, 6.45) is -2.73. The van der Waals surface area contributed by atoms with E-state index in [-0.39, 0.29) is 41.4 Å². The van der Waals surface area contributed by atoms with E-state index in [1.165, 1.54) is 12.3 Å². The first-order valence-electron chi connectivity index (χ1n) is 9.66. The molecule has 2 aromatic heterocycles. The van der Waals surface area contributed by atoms with Crippen molar-refractivity contribution in [2.24, 2.45) is 0 Å². The molecule has 4 rings (SSSR count). The molecule has 1 aromatic carbocycles. The summed E-state index contributed by atoms with van der Waals surface area (Å²) in [5, 5.41) is 13.6. The van der Waals surface area contributed by atoms with E-state index in [4.69, 9.17) is 4.74 Å². The smallest absolute Gasteiger partial charge is 0.491 e. The molecule has 0 fully saturated rings. The first-order valence-corrected chi connectivity index (χ1v) is 9.66. The number of pyridine rings is 2. The van der Waals surface area contributed by atoms with Crippen molar-refractivity contribution in [1.29, 1.82) is 0 Å². The Kier molecular flexibility index (Phi) is 5.77. The predicted molar refractivity (Wildman–Crippen MR) is 107 cm³/mol. The average Bonchev–Trinajstić information content (AvgIpc) is 2.79. The lowest BCUT2D eigenvalue weighted by atomic mass is 9.81. The lowest BCUT2D eigenvalue weighted by Crippen LogP contribution is -2.50. The van der Waals surface area contributed by atoms with Crippen molar-refractivity contribution in [3.05, 3.63) is 87.7 Å². The fraction of sp³-hybridized carbons (Fsp3) is 0.190. The molecule has 0 spiro atoms. The number of hydrogen-bond acceptors (Lipinski definition) is 7. The van der Waals surface area contributed by atoms with Crippen molar-refractivity contribution in [2.75, 3.05) is 6.61 Å². The second-order valence-electron chi connectivity index (χ2n) is 7.16. The third-order valence-electron chi connectivity index (χ3n) is 5.08. The number of halogens is 4. The number of nitrogens with one attached hydrogen (secondary N) is 1. The fourth-order valence-corrected chi connectivity index (χ4v) is 3.59. The summed E-state index contributed by atoms with van der Waals surface area (Å²) in [4.78, 5) is 31.3. The third-order valence-corrected chi connectivity index (χ3v) is 5.08. The minimum absolute atomic E-state index is 0.0502. The van der Waals surface area contributed by atoms with Crippen LogP contribution in [0.2, 0.25) is 0 Å². The Morgan fingerprint density at radius 3 is 2.65 bits per heavy atom. The number of amides is 1. The molecular formula is C21H14F4N4O5. The van der Waals surface area contributed by atoms with Gasteiger partial charge in [-0.25, -0.2) is 9.37 Å². The second-order valence-corrected chi connectivity index (χ2v) is 7.16. The van der Waals surface area contributed by atoms with Gasteiger partial charge in [0.15, 0.2) is 11.6 Å². The number of hydrogen-bond donors (Lipinski definition) is 1. The zero-order chi connectivity index (χ0) is 24.5. The van der Waals surface area contributed by atoms with Gasteiger partial charge >= 0.3 is 6.36 Å². The van der Waals surface area contributed by atoms with E-state index in [9.17, 15) is 32.5 Å². The number of alkyl halides is 3. The van der Waals surface area contributed by atoms with Gasteiger partial charge in [0.25, 0.3) is 11.6 Å². The number of ether oxygens (including phenoxy) is 2. The SMILES string of the molecule is O=C(N[C@]1(c2ccc(OC(F)(F)F)c(F)c2)CCOc2cccnc21)c1ccc([N+](=O)[O-])cn1. The van der Waals surface area contributed by atoms with Gasteiger partial charge in [0.05, 0.1) is 11.5 Å². The largest absolute Gasteiger partial charge is 0.573 e. The molecule has 9 nitrogen and oxygen atoms in total. The van der Waals surface area contributed by atoms with E-state index in [2.05, 4.69) is 20.0 Å². The Balaban J connectivity index is 1.78. The zero-order valence-corrected chi connectivity index (χ0v) is 17.0. The standard InChI is InChI=1S/C21H14F4N4O5/c22-14-10-12(3-6-16(14)34-21(23,24)25)20(7-9-33-17-2-1-8-26-18(17)20)28-19(30)15-5-4-13(11-27-15)29(31)32/h1-6,8,10-11H,7,9H2,(H,28,30)/t20-/m0/s1. The Morgan fingerprint density at radius 2 is 2.00 bits per heavy atom. The van der Waals surface area contributed by atoms with Gasteiger partial charge < -0.3 is 14.8 Å². The summed E-state index contributed by atoms with van der Waals surface area (Å²) in [6, 6.07) is 8.17. The van der Waals surface area contributed by atoms with Gasteiger partial charge in [-0.3, -0.25) is 19.9 Å². The highest BCUT2D eigenvalue weighted by Gasteiger charge is 2.43. The van der Waals surface area contributed by atoms with Crippen LogP contribution in [0.4, 0.5) is 23.2 Å². The summed E-state index contributed by atoms with van der Waals surface area (Å²) in [5.41, 5.74) is -1.73. The minimum Gasteiger partial charge on any atom is -0.491 e. The van der Waals surface area contributed by atoms with E-state index in [0.29, 0.717) is 0 Å². The normalized spacial score (nSPS) is 17.3. The van der Waals surface area contributed by atoms with Crippen LogP contribution in [0.15, 0.2) is 54.9 Å². The van der Waals surface area contributed by atoms with Gasteiger partial charge in [-0.1, -0.05) is 6.07 Å². The lowest BCUT2D eigenvalue weighted by Gasteiger charge is -2.39. The number of carbonyl (C=O) groups is 1. The van der Waals surface area contributed by atoms with Gasteiger partial charge in [0.2, 0.25) is 0 Å². The summed E-state index contributed by atoms with van der Waals surface area (Å²) >= 11 is 0. The molecule has 0 aliphatic carbocycles. The molecule has 3 heterocycles. The van der Waals surface area contributed by atoms with E-state index >= 15 is 0 Å². The monoisotopic (exact) mass is 478 g/mol. The number of rotatable bonds is 5. The van der Waals surface area contributed by atoms with Crippen LogP contribution in [0.3, 0.4) is 0 Å². The first-order chi connectivity index (χ1) is 16.1. The summed E-state index contributed by atoms with van der Waals surface area (Å²) in [6.45, 7) is 0.0646. The Bertz CT molecular complexity index is 1250. The molecule has 1 aliphatic heterocycles. The molecule has 0 unspecified atom stereocenters.